The van der Waals surface area contributed by atoms with Gasteiger partial charge in [-0.3, -0.25) is 9.59 Å². The highest BCUT2D eigenvalue weighted by atomic mass is 35.5. The molecule has 31 heavy (non-hydrogen) atoms. The van der Waals surface area contributed by atoms with Gasteiger partial charge in [0.25, 0.3) is 5.91 Å². The lowest BCUT2D eigenvalue weighted by atomic mass is 9.85. The number of imidazole rings is 1. The zero-order valence-electron chi connectivity index (χ0n) is 18.0. The summed E-state index contributed by atoms with van der Waals surface area (Å²) in [7, 11) is 0. The van der Waals surface area contributed by atoms with Gasteiger partial charge in [-0.1, -0.05) is 42.3 Å². The van der Waals surface area contributed by atoms with Crippen molar-refractivity contribution < 1.29 is 9.59 Å². The number of fused-ring (bicyclic) bond motifs is 1. The van der Waals surface area contributed by atoms with Crippen molar-refractivity contribution in [2.75, 3.05) is 26.2 Å². The van der Waals surface area contributed by atoms with Gasteiger partial charge in [0.05, 0.1) is 5.69 Å². The van der Waals surface area contributed by atoms with Gasteiger partial charge in [-0.25, -0.2) is 4.98 Å². The molecule has 0 unspecified atom stereocenters. The summed E-state index contributed by atoms with van der Waals surface area (Å²) in [6.45, 7) is 5.58. The highest BCUT2D eigenvalue weighted by Crippen LogP contribution is 2.35. The Balaban J connectivity index is 1.33. The molecule has 2 amide bonds. The van der Waals surface area contributed by atoms with E-state index in [0.29, 0.717) is 22.8 Å². The van der Waals surface area contributed by atoms with E-state index in [1.807, 2.05) is 14.4 Å². The molecule has 3 heterocycles. The first kappa shape index (κ1) is 20.6. The number of halogens is 1. The molecule has 1 aromatic heterocycles. The maximum atomic E-state index is 13.0. The van der Waals surface area contributed by atoms with Crippen molar-refractivity contribution in [2.45, 2.75) is 51.5 Å². The molecule has 7 heteroatoms. The van der Waals surface area contributed by atoms with Crippen molar-refractivity contribution in [1.29, 1.82) is 0 Å². The standard InChI is InChI=1S/C24H29ClN4O2/c1-16(30)27-11-9-19(10-12-27)18-5-7-20(8-6-18)21-22(25)26-23-24(31)28(13-14-29(21)23)15-17-3-2-4-17/h5-8,17,19H,2-4,9-15H2,1H3. The normalized spacial score (nSPS) is 20.0. The third kappa shape index (κ3) is 3.86. The first-order valence-corrected chi connectivity index (χ1v) is 11.8. The maximum Gasteiger partial charge on any atom is 0.290 e. The lowest BCUT2D eigenvalue weighted by Crippen LogP contribution is -2.44. The molecular weight excluding hydrogens is 412 g/mol. The van der Waals surface area contributed by atoms with Gasteiger partial charge in [-0.15, -0.1) is 0 Å². The van der Waals surface area contributed by atoms with Gasteiger partial charge < -0.3 is 14.4 Å². The van der Waals surface area contributed by atoms with Crippen molar-refractivity contribution in [1.82, 2.24) is 19.4 Å². The largest absolute Gasteiger partial charge is 0.343 e. The van der Waals surface area contributed by atoms with Crippen LogP contribution < -0.4 is 0 Å². The second-order valence-corrected chi connectivity index (χ2v) is 9.53. The summed E-state index contributed by atoms with van der Waals surface area (Å²) in [5.41, 5.74) is 3.13. The second-order valence-electron chi connectivity index (χ2n) is 9.18. The molecule has 6 nitrogen and oxygen atoms in total. The summed E-state index contributed by atoms with van der Waals surface area (Å²) in [4.78, 5) is 32.9. The van der Waals surface area contributed by atoms with Crippen LogP contribution in [-0.2, 0) is 11.3 Å². The minimum Gasteiger partial charge on any atom is -0.343 e. The monoisotopic (exact) mass is 440 g/mol. The average Bonchev–Trinajstić information content (AvgIpc) is 3.09. The number of nitrogens with zero attached hydrogens (tertiary/aromatic N) is 4. The first-order chi connectivity index (χ1) is 15.0. The van der Waals surface area contributed by atoms with Crippen LogP contribution in [0.15, 0.2) is 24.3 Å². The van der Waals surface area contributed by atoms with Gasteiger partial charge in [0, 0.05) is 45.2 Å². The first-order valence-electron chi connectivity index (χ1n) is 11.4. The molecule has 3 aliphatic rings. The van der Waals surface area contributed by atoms with Crippen molar-refractivity contribution in [3.05, 3.63) is 40.8 Å². The smallest absolute Gasteiger partial charge is 0.290 e. The molecule has 2 aromatic rings. The summed E-state index contributed by atoms with van der Waals surface area (Å²) in [6.07, 6.45) is 5.72. The molecule has 2 aliphatic heterocycles. The Kier molecular flexibility index (Phi) is 5.51. The summed E-state index contributed by atoms with van der Waals surface area (Å²) >= 11 is 6.52. The van der Waals surface area contributed by atoms with Crippen LogP contribution in [0.25, 0.3) is 11.3 Å². The van der Waals surface area contributed by atoms with E-state index in [1.165, 1.54) is 24.8 Å². The van der Waals surface area contributed by atoms with Crippen molar-refractivity contribution in [3.63, 3.8) is 0 Å². The molecule has 1 saturated heterocycles. The van der Waals surface area contributed by atoms with Crippen LogP contribution in [0.1, 0.15) is 61.1 Å². The van der Waals surface area contributed by atoms with E-state index in [-0.39, 0.29) is 11.8 Å². The molecule has 5 rings (SSSR count). The Labute approximate surface area is 188 Å². The maximum absolute atomic E-state index is 13.0. The van der Waals surface area contributed by atoms with E-state index < -0.39 is 0 Å². The number of hydrogen-bond acceptors (Lipinski definition) is 3. The number of hydrogen-bond donors (Lipinski definition) is 0. The zero-order chi connectivity index (χ0) is 21.5. The van der Waals surface area contributed by atoms with Gasteiger partial charge in [0.2, 0.25) is 11.7 Å². The number of benzene rings is 1. The third-order valence-corrected chi connectivity index (χ3v) is 7.56. The molecule has 0 atom stereocenters. The van der Waals surface area contributed by atoms with Crippen LogP contribution in [0.5, 0.6) is 0 Å². The quantitative estimate of drug-likeness (QED) is 0.716. The van der Waals surface area contributed by atoms with Gasteiger partial charge in [-0.2, -0.15) is 0 Å². The van der Waals surface area contributed by atoms with Gasteiger partial charge in [0.1, 0.15) is 0 Å². The SMILES string of the molecule is CC(=O)N1CCC(c2ccc(-c3c(Cl)nc4n3CCN(CC3CCC3)C4=O)cc2)CC1. The van der Waals surface area contributed by atoms with Crippen LogP contribution in [0.2, 0.25) is 5.15 Å². The third-order valence-electron chi connectivity index (χ3n) is 7.30. The molecule has 2 fully saturated rings. The van der Waals surface area contributed by atoms with Crippen LogP contribution in [0.3, 0.4) is 0 Å². The van der Waals surface area contributed by atoms with Crippen LogP contribution >= 0.6 is 11.6 Å². The lowest BCUT2D eigenvalue weighted by molar-refractivity contribution is -0.129. The lowest BCUT2D eigenvalue weighted by Gasteiger charge is -2.34. The van der Waals surface area contributed by atoms with E-state index >= 15 is 0 Å². The Morgan fingerprint density at radius 2 is 1.77 bits per heavy atom. The molecule has 1 saturated carbocycles. The van der Waals surface area contributed by atoms with Gasteiger partial charge in [-0.05, 0) is 43.1 Å². The molecule has 0 bridgehead atoms. The van der Waals surface area contributed by atoms with E-state index in [0.717, 1.165) is 56.8 Å². The minimum absolute atomic E-state index is 0.000140. The second kappa shape index (κ2) is 8.30. The summed E-state index contributed by atoms with van der Waals surface area (Å²) in [6, 6.07) is 8.50. The van der Waals surface area contributed by atoms with Crippen molar-refractivity contribution in [2.24, 2.45) is 5.92 Å². The molecular formula is C24H29ClN4O2. The Morgan fingerprint density at radius 3 is 2.39 bits per heavy atom. The molecule has 1 aliphatic carbocycles. The summed E-state index contributed by atoms with van der Waals surface area (Å²) in [5.74, 6) is 1.75. The summed E-state index contributed by atoms with van der Waals surface area (Å²) < 4.78 is 1.99. The van der Waals surface area contributed by atoms with Crippen LogP contribution in [0, 0.1) is 5.92 Å². The molecule has 164 valence electrons. The molecule has 1 aromatic carbocycles. The number of aromatic nitrogens is 2. The van der Waals surface area contributed by atoms with Crippen LogP contribution in [0.4, 0.5) is 0 Å². The van der Waals surface area contributed by atoms with Crippen LogP contribution in [-0.4, -0.2) is 57.3 Å². The topological polar surface area (TPSA) is 58.4 Å². The number of piperidine rings is 1. The van der Waals surface area contributed by atoms with E-state index in [9.17, 15) is 9.59 Å². The van der Waals surface area contributed by atoms with Gasteiger partial charge >= 0.3 is 0 Å². The number of rotatable bonds is 4. The fourth-order valence-electron chi connectivity index (χ4n) is 5.15. The number of amides is 2. The van der Waals surface area contributed by atoms with Crippen molar-refractivity contribution in [3.8, 4) is 11.3 Å². The Morgan fingerprint density at radius 1 is 1.06 bits per heavy atom. The van der Waals surface area contributed by atoms with E-state index in [4.69, 9.17) is 11.6 Å². The fourth-order valence-corrected chi connectivity index (χ4v) is 5.44. The fraction of sp³-hybridized carbons (Fsp3) is 0.542. The average molecular weight is 441 g/mol. The summed E-state index contributed by atoms with van der Waals surface area (Å²) in [5, 5.41) is 0.399. The van der Waals surface area contributed by atoms with Crippen molar-refractivity contribution >= 4 is 23.4 Å². The predicted octanol–water partition coefficient (Wildman–Crippen LogP) is 4.19. The zero-order valence-corrected chi connectivity index (χ0v) is 18.8. The number of likely N-dealkylation sites (tertiary alicyclic amines) is 1. The number of carbonyl (C=O) groups is 2. The Hall–Kier alpha value is -2.34. The highest BCUT2D eigenvalue weighted by Gasteiger charge is 2.33. The van der Waals surface area contributed by atoms with E-state index in [2.05, 4.69) is 29.2 Å². The molecule has 0 radical (unpaired) electrons. The van der Waals surface area contributed by atoms with E-state index in [1.54, 1.807) is 6.92 Å². The minimum atomic E-state index is 0.000140. The number of carbonyl (C=O) groups excluding carboxylic acids is 2. The highest BCUT2D eigenvalue weighted by molar-refractivity contribution is 6.32. The van der Waals surface area contributed by atoms with Gasteiger partial charge in [0.15, 0.2) is 5.15 Å². The molecule has 0 spiro atoms. The predicted molar refractivity (Wildman–Crippen MR) is 120 cm³/mol. The Bertz CT molecular complexity index is 988. The molecule has 0 N–H and O–H groups in total.